The Balaban J connectivity index is 1.98. The molecule has 0 radical (unpaired) electrons. The van der Waals surface area contributed by atoms with E-state index < -0.39 is 0 Å². The average Bonchev–Trinajstić information content (AvgIpc) is 2.86. The number of likely N-dealkylation sites (N-methyl/N-ethyl adjacent to an activating group) is 1. The Kier molecular flexibility index (Phi) is 4.68. The van der Waals surface area contributed by atoms with Crippen molar-refractivity contribution >= 4 is 28.1 Å². The fraction of sp³-hybridized carbons (Fsp3) is 0.357. The average molecular weight is 290 g/mol. The van der Waals surface area contributed by atoms with Crippen molar-refractivity contribution in [3.8, 4) is 0 Å². The molecule has 20 heavy (non-hydrogen) atoms. The standard InChI is InChI=1S/C14H18N4OS/c1-4-11-7-5-6-8-12(11)15-13(19)9-18(3)14-17-16-10(2)20-14/h5-8H,4,9H2,1-3H3,(H,15,19). The number of aryl methyl sites for hydroxylation is 2. The number of para-hydroxylation sites is 1. The number of nitrogens with zero attached hydrogens (tertiary/aromatic N) is 3. The van der Waals surface area contributed by atoms with Crippen LogP contribution in [-0.2, 0) is 11.2 Å². The smallest absolute Gasteiger partial charge is 0.243 e. The van der Waals surface area contributed by atoms with Gasteiger partial charge in [0.1, 0.15) is 5.01 Å². The Bertz CT molecular complexity index is 596. The molecule has 1 heterocycles. The predicted molar refractivity (Wildman–Crippen MR) is 82.4 cm³/mol. The van der Waals surface area contributed by atoms with Gasteiger partial charge in [0.15, 0.2) is 0 Å². The second kappa shape index (κ2) is 6.47. The largest absolute Gasteiger partial charge is 0.340 e. The summed E-state index contributed by atoms with van der Waals surface area (Å²) in [4.78, 5) is 13.9. The van der Waals surface area contributed by atoms with E-state index in [9.17, 15) is 4.79 Å². The maximum absolute atomic E-state index is 12.1. The summed E-state index contributed by atoms with van der Waals surface area (Å²) in [5, 5.41) is 12.6. The molecule has 0 bridgehead atoms. The predicted octanol–water partition coefficient (Wildman–Crippen LogP) is 2.48. The van der Waals surface area contributed by atoms with Gasteiger partial charge in [-0.05, 0) is 25.0 Å². The number of benzene rings is 1. The van der Waals surface area contributed by atoms with Crippen LogP contribution in [0.1, 0.15) is 17.5 Å². The first kappa shape index (κ1) is 14.5. The second-order valence-electron chi connectivity index (χ2n) is 4.52. The lowest BCUT2D eigenvalue weighted by Crippen LogP contribution is -2.30. The Hall–Kier alpha value is -1.95. The molecule has 1 aromatic carbocycles. The molecule has 1 aromatic heterocycles. The summed E-state index contributed by atoms with van der Waals surface area (Å²) in [6, 6.07) is 7.84. The summed E-state index contributed by atoms with van der Waals surface area (Å²) >= 11 is 1.48. The topological polar surface area (TPSA) is 58.1 Å². The van der Waals surface area contributed by atoms with E-state index in [1.807, 2.05) is 38.2 Å². The normalized spacial score (nSPS) is 10.3. The van der Waals surface area contributed by atoms with Crippen molar-refractivity contribution < 1.29 is 4.79 Å². The van der Waals surface area contributed by atoms with Gasteiger partial charge in [-0.25, -0.2) is 0 Å². The third-order valence-electron chi connectivity index (χ3n) is 2.90. The number of hydrogen-bond acceptors (Lipinski definition) is 5. The van der Waals surface area contributed by atoms with Crippen molar-refractivity contribution in [2.75, 3.05) is 23.8 Å². The van der Waals surface area contributed by atoms with E-state index in [4.69, 9.17) is 0 Å². The van der Waals surface area contributed by atoms with Crippen molar-refractivity contribution in [2.45, 2.75) is 20.3 Å². The fourth-order valence-corrected chi connectivity index (χ4v) is 2.51. The molecule has 2 rings (SSSR count). The molecule has 5 nitrogen and oxygen atoms in total. The molecule has 6 heteroatoms. The molecule has 1 amide bonds. The summed E-state index contributed by atoms with van der Waals surface area (Å²) < 4.78 is 0. The number of hydrogen-bond donors (Lipinski definition) is 1. The molecule has 0 atom stereocenters. The zero-order valence-corrected chi connectivity index (χ0v) is 12.7. The summed E-state index contributed by atoms with van der Waals surface area (Å²) in [7, 11) is 1.84. The second-order valence-corrected chi connectivity index (χ2v) is 5.68. The highest BCUT2D eigenvalue weighted by molar-refractivity contribution is 7.15. The third kappa shape index (κ3) is 3.54. The molecular weight excluding hydrogens is 272 g/mol. The van der Waals surface area contributed by atoms with Crippen LogP contribution in [0.2, 0.25) is 0 Å². The summed E-state index contributed by atoms with van der Waals surface area (Å²) in [5.41, 5.74) is 2.01. The first-order valence-corrected chi connectivity index (χ1v) is 7.30. The minimum atomic E-state index is -0.0544. The maximum atomic E-state index is 12.1. The van der Waals surface area contributed by atoms with Gasteiger partial charge in [-0.3, -0.25) is 4.79 Å². The molecule has 0 saturated carbocycles. The van der Waals surface area contributed by atoms with E-state index in [1.165, 1.54) is 11.3 Å². The van der Waals surface area contributed by atoms with Crippen LogP contribution in [0, 0.1) is 6.92 Å². The van der Waals surface area contributed by atoms with E-state index in [0.717, 1.165) is 27.8 Å². The molecule has 1 N–H and O–H groups in total. The van der Waals surface area contributed by atoms with Gasteiger partial charge in [-0.15, -0.1) is 10.2 Å². The van der Waals surface area contributed by atoms with Crippen molar-refractivity contribution in [2.24, 2.45) is 0 Å². The lowest BCUT2D eigenvalue weighted by atomic mass is 10.1. The van der Waals surface area contributed by atoms with Crippen molar-refractivity contribution in [1.29, 1.82) is 0 Å². The Morgan fingerprint density at radius 3 is 2.75 bits per heavy atom. The highest BCUT2D eigenvalue weighted by Crippen LogP contribution is 2.18. The molecule has 2 aromatic rings. The van der Waals surface area contributed by atoms with Crippen LogP contribution >= 0.6 is 11.3 Å². The van der Waals surface area contributed by atoms with Crippen molar-refractivity contribution in [3.63, 3.8) is 0 Å². The number of rotatable bonds is 5. The van der Waals surface area contributed by atoms with Crippen LogP contribution in [0.4, 0.5) is 10.8 Å². The third-order valence-corrected chi connectivity index (χ3v) is 3.85. The number of carbonyl (C=O) groups excluding carboxylic acids is 1. The summed E-state index contributed by atoms with van der Waals surface area (Å²) in [5.74, 6) is -0.0544. The SMILES string of the molecule is CCc1ccccc1NC(=O)CN(C)c1nnc(C)s1. The fourth-order valence-electron chi connectivity index (χ4n) is 1.86. The van der Waals surface area contributed by atoms with Crippen molar-refractivity contribution in [3.05, 3.63) is 34.8 Å². The highest BCUT2D eigenvalue weighted by Gasteiger charge is 2.12. The molecule has 0 aliphatic rings. The number of amides is 1. The minimum absolute atomic E-state index is 0.0544. The Morgan fingerprint density at radius 2 is 2.10 bits per heavy atom. The number of anilines is 2. The first-order valence-electron chi connectivity index (χ1n) is 6.49. The van der Waals surface area contributed by atoms with E-state index >= 15 is 0 Å². The Morgan fingerprint density at radius 1 is 1.35 bits per heavy atom. The minimum Gasteiger partial charge on any atom is -0.340 e. The van der Waals surface area contributed by atoms with Gasteiger partial charge in [-0.1, -0.05) is 36.5 Å². The maximum Gasteiger partial charge on any atom is 0.243 e. The van der Waals surface area contributed by atoms with Gasteiger partial charge in [0.05, 0.1) is 6.54 Å². The molecule has 0 fully saturated rings. The van der Waals surface area contributed by atoms with E-state index in [-0.39, 0.29) is 12.5 Å². The first-order chi connectivity index (χ1) is 9.60. The quantitative estimate of drug-likeness (QED) is 0.919. The zero-order chi connectivity index (χ0) is 14.5. The molecule has 0 aliphatic heterocycles. The molecular formula is C14H18N4OS. The summed E-state index contributed by atoms with van der Waals surface area (Å²) in [6.07, 6.45) is 0.891. The van der Waals surface area contributed by atoms with E-state index in [2.05, 4.69) is 22.4 Å². The van der Waals surface area contributed by atoms with Crippen LogP contribution in [0.5, 0.6) is 0 Å². The van der Waals surface area contributed by atoms with Gasteiger partial charge < -0.3 is 10.2 Å². The van der Waals surface area contributed by atoms with Gasteiger partial charge in [0.2, 0.25) is 11.0 Å². The van der Waals surface area contributed by atoms with Gasteiger partial charge in [0, 0.05) is 12.7 Å². The lowest BCUT2D eigenvalue weighted by molar-refractivity contribution is -0.114. The Labute approximate surface area is 122 Å². The van der Waals surface area contributed by atoms with Crippen LogP contribution in [0.15, 0.2) is 24.3 Å². The highest BCUT2D eigenvalue weighted by atomic mass is 32.1. The van der Waals surface area contributed by atoms with E-state index in [1.54, 1.807) is 4.90 Å². The van der Waals surface area contributed by atoms with Crippen LogP contribution in [-0.4, -0.2) is 29.7 Å². The number of carbonyl (C=O) groups is 1. The molecule has 0 unspecified atom stereocenters. The lowest BCUT2D eigenvalue weighted by Gasteiger charge is -2.15. The van der Waals surface area contributed by atoms with Gasteiger partial charge in [0.25, 0.3) is 0 Å². The molecule has 0 spiro atoms. The summed E-state index contributed by atoms with van der Waals surface area (Å²) in [6.45, 7) is 4.22. The van der Waals surface area contributed by atoms with Gasteiger partial charge >= 0.3 is 0 Å². The molecule has 0 saturated heterocycles. The number of nitrogens with one attached hydrogen (secondary N) is 1. The number of aromatic nitrogens is 2. The zero-order valence-electron chi connectivity index (χ0n) is 11.9. The van der Waals surface area contributed by atoms with E-state index in [0.29, 0.717) is 0 Å². The van der Waals surface area contributed by atoms with Crippen LogP contribution in [0.25, 0.3) is 0 Å². The van der Waals surface area contributed by atoms with Crippen molar-refractivity contribution in [1.82, 2.24) is 10.2 Å². The molecule has 0 aliphatic carbocycles. The van der Waals surface area contributed by atoms with Crippen LogP contribution in [0.3, 0.4) is 0 Å². The van der Waals surface area contributed by atoms with Crippen LogP contribution < -0.4 is 10.2 Å². The van der Waals surface area contributed by atoms with Gasteiger partial charge in [-0.2, -0.15) is 0 Å². The monoisotopic (exact) mass is 290 g/mol. The molecule has 106 valence electrons.